The van der Waals surface area contributed by atoms with Crippen molar-refractivity contribution in [1.82, 2.24) is 0 Å². The van der Waals surface area contributed by atoms with Crippen LogP contribution < -0.4 is 0 Å². The summed E-state index contributed by atoms with van der Waals surface area (Å²) < 4.78 is 0. The largest absolute Gasteiger partial charge is 0.0613 e. The van der Waals surface area contributed by atoms with Gasteiger partial charge in [-0.25, -0.2) is 0 Å². The topological polar surface area (TPSA) is 97.5 Å². The van der Waals surface area contributed by atoms with Crippen molar-refractivity contribution in [1.29, 1.82) is 0 Å². The zero-order valence-electron chi connectivity index (χ0n) is 15.1. The Labute approximate surface area is 147 Å². The lowest BCUT2D eigenvalue weighted by Gasteiger charge is -2.13. The van der Waals surface area contributed by atoms with Gasteiger partial charge >= 0.3 is 0 Å². The number of rotatable bonds is 6. The third kappa shape index (κ3) is 4.13. The highest BCUT2D eigenvalue weighted by atomic mass is 15.1. The van der Waals surface area contributed by atoms with Crippen LogP contribution in [-0.4, -0.2) is 0 Å². The molecule has 0 radical (unpaired) electrons. The van der Waals surface area contributed by atoms with Crippen LogP contribution in [0.2, 0.25) is 0 Å². The van der Waals surface area contributed by atoms with E-state index in [0.717, 1.165) is 52.9 Å². The van der Waals surface area contributed by atoms with Gasteiger partial charge in [-0.3, -0.25) is 0 Å². The highest BCUT2D eigenvalue weighted by Gasteiger charge is 2.09. The van der Waals surface area contributed by atoms with Crippen molar-refractivity contribution < 1.29 is 0 Å². The molecule has 0 N–H and O–H groups in total. The Morgan fingerprint density at radius 2 is 1.16 bits per heavy atom. The van der Waals surface area contributed by atoms with Crippen molar-refractivity contribution in [3.63, 3.8) is 0 Å². The molecule has 0 atom stereocenters. The molecule has 6 heteroatoms. The van der Waals surface area contributed by atoms with Gasteiger partial charge in [-0.05, 0) is 77.6 Å². The number of benzene rings is 2. The Morgan fingerprint density at radius 1 is 0.760 bits per heavy atom. The summed E-state index contributed by atoms with van der Waals surface area (Å²) in [6, 6.07) is 8.37. The maximum atomic E-state index is 8.75. The van der Waals surface area contributed by atoms with Crippen LogP contribution in [0.15, 0.2) is 34.5 Å². The second-order valence-corrected chi connectivity index (χ2v) is 6.10. The fraction of sp³-hybridized carbons (Fsp3) is 0.368. The molecular formula is C19H22N6. The summed E-state index contributed by atoms with van der Waals surface area (Å²) in [5, 5.41) is 7.67. The fourth-order valence-electron chi connectivity index (χ4n) is 3.22. The standard InChI is InChI=1S/C19H22N6/c1-5-16-10-14(7-12(3)18(16)22-24-20)9-15-8-13(4)19(23-25-21)17(6-2)11-15/h7-8,10-11H,5-6,9H2,1-4H3. The molecule has 25 heavy (non-hydrogen) atoms. The lowest BCUT2D eigenvalue weighted by atomic mass is 9.94. The van der Waals surface area contributed by atoms with Crippen LogP contribution in [0, 0.1) is 13.8 Å². The molecule has 0 aliphatic rings. The van der Waals surface area contributed by atoms with E-state index >= 15 is 0 Å². The Hall–Kier alpha value is -2.94. The van der Waals surface area contributed by atoms with Crippen LogP contribution in [0.1, 0.15) is 47.2 Å². The first kappa shape index (κ1) is 18.4. The van der Waals surface area contributed by atoms with Crippen LogP contribution in [0.25, 0.3) is 20.9 Å². The highest BCUT2D eigenvalue weighted by Crippen LogP contribution is 2.30. The summed E-state index contributed by atoms with van der Waals surface area (Å²) in [6.07, 6.45) is 2.42. The van der Waals surface area contributed by atoms with Crippen LogP contribution in [-0.2, 0) is 19.3 Å². The predicted molar refractivity (Wildman–Crippen MR) is 102 cm³/mol. The molecule has 0 aliphatic carbocycles. The molecule has 2 aromatic carbocycles. The fourth-order valence-corrected chi connectivity index (χ4v) is 3.22. The van der Waals surface area contributed by atoms with Crippen LogP contribution in [0.5, 0.6) is 0 Å². The van der Waals surface area contributed by atoms with Gasteiger partial charge in [0.15, 0.2) is 0 Å². The van der Waals surface area contributed by atoms with Crippen LogP contribution >= 0.6 is 0 Å². The van der Waals surface area contributed by atoms with E-state index in [1.165, 1.54) is 11.1 Å². The minimum absolute atomic E-state index is 0.734. The van der Waals surface area contributed by atoms with E-state index in [-0.39, 0.29) is 0 Å². The summed E-state index contributed by atoms with van der Waals surface area (Å²) in [6.45, 7) is 8.06. The minimum Gasteiger partial charge on any atom is -0.0613 e. The van der Waals surface area contributed by atoms with E-state index in [0.29, 0.717) is 0 Å². The van der Waals surface area contributed by atoms with Gasteiger partial charge in [-0.15, -0.1) is 0 Å². The molecule has 0 fully saturated rings. The van der Waals surface area contributed by atoms with Crippen molar-refractivity contribution in [3.05, 3.63) is 78.5 Å². The monoisotopic (exact) mass is 334 g/mol. The van der Waals surface area contributed by atoms with E-state index in [4.69, 9.17) is 11.1 Å². The SMILES string of the molecule is CCc1cc(Cc2cc(C)c(N=[N+]=[N-])c(CC)c2)cc(C)c1N=[N+]=[N-]. The number of hydrogen-bond acceptors (Lipinski definition) is 2. The van der Waals surface area contributed by atoms with Crippen molar-refractivity contribution in [2.24, 2.45) is 10.2 Å². The van der Waals surface area contributed by atoms with Crippen molar-refractivity contribution in [2.45, 2.75) is 47.0 Å². The molecule has 128 valence electrons. The average Bonchev–Trinajstić information content (AvgIpc) is 2.59. The number of aryl methyl sites for hydroxylation is 4. The molecule has 0 saturated heterocycles. The zero-order chi connectivity index (χ0) is 18.4. The summed E-state index contributed by atoms with van der Waals surface area (Å²) in [5.74, 6) is 0. The van der Waals surface area contributed by atoms with Gasteiger partial charge < -0.3 is 0 Å². The summed E-state index contributed by atoms with van der Waals surface area (Å²) >= 11 is 0. The van der Waals surface area contributed by atoms with E-state index in [9.17, 15) is 0 Å². The van der Waals surface area contributed by atoms with E-state index in [2.05, 4.69) is 58.2 Å². The summed E-state index contributed by atoms with van der Waals surface area (Å²) in [4.78, 5) is 5.87. The van der Waals surface area contributed by atoms with Gasteiger partial charge in [0.25, 0.3) is 0 Å². The third-order valence-corrected chi connectivity index (χ3v) is 4.34. The van der Waals surface area contributed by atoms with Gasteiger partial charge in [0.1, 0.15) is 0 Å². The molecule has 2 aromatic rings. The first-order valence-corrected chi connectivity index (χ1v) is 8.39. The smallest absolute Gasteiger partial charge is 0.0436 e. The highest BCUT2D eigenvalue weighted by molar-refractivity contribution is 5.57. The lowest BCUT2D eigenvalue weighted by molar-refractivity contribution is 1.07. The second-order valence-electron chi connectivity index (χ2n) is 6.10. The number of azide groups is 2. The van der Waals surface area contributed by atoms with E-state index < -0.39 is 0 Å². The maximum absolute atomic E-state index is 8.75. The molecule has 0 spiro atoms. The normalized spacial score (nSPS) is 10.1. The van der Waals surface area contributed by atoms with Gasteiger partial charge in [-0.1, -0.05) is 48.3 Å². The molecule has 0 bridgehead atoms. The molecule has 0 amide bonds. The Bertz CT molecular complexity index is 814. The maximum Gasteiger partial charge on any atom is 0.0436 e. The molecule has 0 unspecified atom stereocenters. The summed E-state index contributed by atoms with van der Waals surface area (Å²) in [5.41, 5.74) is 25.4. The third-order valence-electron chi connectivity index (χ3n) is 4.34. The number of nitrogens with zero attached hydrogens (tertiary/aromatic N) is 6. The van der Waals surface area contributed by atoms with E-state index in [1.807, 2.05) is 13.8 Å². The quantitative estimate of drug-likeness (QED) is 0.312. The first-order valence-electron chi connectivity index (χ1n) is 8.39. The second kappa shape index (κ2) is 8.25. The van der Waals surface area contributed by atoms with Crippen molar-refractivity contribution in [2.75, 3.05) is 0 Å². The molecule has 0 heterocycles. The minimum atomic E-state index is 0.734. The van der Waals surface area contributed by atoms with Crippen molar-refractivity contribution >= 4 is 11.4 Å². The van der Waals surface area contributed by atoms with Crippen LogP contribution in [0.3, 0.4) is 0 Å². The molecule has 2 rings (SSSR count). The average molecular weight is 334 g/mol. The Kier molecular flexibility index (Phi) is 6.07. The molecule has 0 saturated carbocycles. The first-order chi connectivity index (χ1) is 12.0. The Morgan fingerprint density at radius 3 is 1.48 bits per heavy atom. The van der Waals surface area contributed by atoms with E-state index in [1.54, 1.807) is 0 Å². The summed E-state index contributed by atoms with van der Waals surface area (Å²) in [7, 11) is 0. The van der Waals surface area contributed by atoms with Gasteiger partial charge in [-0.2, -0.15) is 0 Å². The van der Waals surface area contributed by atoms with Gasteiger partial charge in [0, 0.05) is 21.2 Å². The molecular weight excluding hydrogens is 312 g/mol. The molecule has 0 aliphatic heterocycles. The lowest BCUT2D eigenvalue weighted by Crippen LogP contribution is -1.96. The van der Waals surface area contributed by atoms with Gasteiger partial charge in [0.05, 0.1) is 0 Å². The number of hydrogen-bond donors (Lipinski definition) is 0. The van der Waals surface area contributed by atoms with Crippen LogP contribution in [0.4, 0.5) is 11.4 Å². The predicted octanol–water partition coefficient (Wildman–Crippen LogP) is 6.90. The Balaban J connectivity index is 2.46. The zero-order valence-corrected chi connectivity index (χ0v) is 15.1. The molecule has 0 aromatic heterocycles. The molecule has 6 nitrogen and oxygen atoms in total. The van der Waals surface area contributed by atoms with Gasteiger partial charge in [0.2, 0.25) is 0 Å². The van der Waals surface area contributed by atoms with Crippen molar-refractivity contribution in [3.8, 4) is 0 Å².